The average Bonchev–Trinajstić information content (AvgIpc) is 3.36. The number of hydrogen-bond acceptors (Lipinski definition) is 6. The second-order valence-corrected chi connectivity index (χ2v) is 9.83. The monoisotopic (exact) mass is 530 g/mol. The SMILES string of the molecule is C=C/C=C(/c1ccc(C)c(OC)c1)n1nc(C(=O)NC2C=CC(C(=O)N3CCN(C)CC3)=CN2)cc1CCC. The Morgan fingerprint density at radius 2 is 2.00 bits per heavy atom. The van der Waals surface area contributed by atoms with Gasteiger partial charge in [-0.25, -0.2) is 4.68 Å². The number of hydrogen-bond donors (Lipinski definition) is 2. The summed E-state index contributed by atoms with van der Waals surface area (Å²) in [4.78, 5) is 30.1. The lowest BCUT2D eigenvalue weighted by Gasteiger charge is -2.33. The number of aromatic nitrogens is 2. The van der Waals surface area contributed by atoms with Gasteiger partial charge in [0.1, 0.15) is 11.9 Å². The summed E-state index contributed by atoms with van der Waals surface area (Å²) < 4.78 is 7.33. The minimum absolute atomic E-state index is 0.00570. The van der Waals surface area contributed by atoms with Crippen molar-refractivity contribution in [3.05, 3.63) is 89.4 Å². The molecule has 1 aromatic carbocycles. The molecule has 39 heavy (non-hydrogen) atoms. The summed E-state index contributed by atoms with van der Waals surface area (Å²) in [6.45, 7) is 11.1. The molecule has 3 heterocycles. The van der Waals surface area contributed by atoms with Gasteiger partial charge in [0.15, 0.2) is 5.69 Å². The predicted molar refractivity (Wildman–Crippen MR) is 153 cm³/mol. The highest BCUT2D eigenvalue weighted by Crippen LogP contribution is 2.27. The lowest BCUT2D eigenvalue weighted by molar-refractivity contribution is -0.128. The van der Waals surface area contributed by atoms with Gasteiger partial charge in [0.05, 0.1) is 18.4 Å². The van der Waals surface area contributed by atoms with Crippen LogP contribution in [0.1, 0.15) is 40.7 Å². The Hall–Kier alpha value is -4.11. The Kier molecular flexibility index (Phi) is 9.03. The molecule has 0 saturated carbocycles. The Bertz CT molecular complexity index is 1310. The van der Waals surface area contributed by atoms with Crippen molar-refractivity contribution in [2.24, 2.45) is 0 Å². The van der Waals surface area contributed by atoms with Crippen LogP contribution in [-0.4, -0.2) is 77.9 Å². The highest BCUT2D eigenvalue weighted by molar-refractivity contribution is 5.97. The van der Waals surface area contributed by atoms with Crippen molar-refractivity contribution >= 4 is 17.5 Å². The van der Waals surface area contributed by atoms with E-state index >= 15 is 0 Å². The fourth-order valence-electron chi connectivity index (χ4n) is 4.67. The van der Waals surface area contributed by atoms with Crippen molar-refractivity contribution in [3.63, 3.8) is 0 Å². The number of rotatable bonds is 9. The summed E-state index contributed by atoms with van der Waals surface area (Å²) in [7, 11) is 3.71. The Morgan fingerprint density at radius 3 is 2.64 bits per heavy atom. The van der Waals surface area contributed by atoms with E-state index in [0.717, 1.165) is 54.2 Å². The summed E-state index contributed by atoms with van der Waals surface area (Å²) in [5, 5.41) is 10.8. The molecule has 206 valence electrons. The molecule has 4 rings (SSSR count). The number of aryl methyl sites for hydroxylation is 2. The van der Waals surface area contributed by atoms with Gasteiger partial charge in [-0.1, -0.05) is 38.1 Å². The van der Waals surface area contributed by atoms with Crippen LogP contribution in [0.15, 0.2) is 66.9 Å². The zero-order chi connectivity index (χ0) is 27.9. The van der Waals surface area contributed by atoms with Gasteiger partial charge in [-0.3, -0.25) is 9.59 Å². The minimum atomic E-state index is -0.453. The molecule has 1 fully saturated rings. The third-order valence-electron chi connectivity index (χ3n) is 6.94. The number of benzene rings is 1. The van der Waals surface area contributed by atoms with Gasteiger partial charge in [-0.15, -0.1) is 0 Å². The van der Waals surface area contributed by atoms with Crippen molar-refractivity contribution in [1.29, 1.82) is 0 Å². The first-order valence-electron chi connectivity index (χ1n) is 13.3. The minimum Gasteiger partial charge on any atom is -0.496 e. The van der Waals surface area contributed by atoms with E-state index in [4.69, 9.17) is 9.84 Å². The summed E-state index contributed by atoms with van der Waals surface area (Å²) in [5.41, 5.74) is 4.55. The lowest BCUT2D eigenvalue weighted by Crippen LogP contribution is -2.48. The number of likely N-dealkylation sites (N-methyl/N-ethyl adjacent to an activating group) is 1. The first-order chi connectivity index (χ1) is 18.8. The molecule has 9 heteroatoms. The quantitative estimate of drug-likeness (QED) is 0.484. The molecule has 1 aromatic heterocycles. The van der Waals surface area contributed by atoms with Crippen molar-refractivity contribution in [1.82, 2.24) is 30.2 Å². The van der Waals surface area contributed by atoms with Crippen molar-refractivity contribution in [2.45, 2.75) is 32.9 Å². The predicted octanol–water partition coefficient (Wildman–Crippen LogP) is 3.10. The largest absolute Gasteiger partial charge is 0.496 e. The van der Waals surface area contributed by atoms with E-state index in [2.05, 4.69) is 36.1 Å². The second kappa shape index (κ2) is 12.6. The molecule has 2 N–H and O–H groups in total. The number of dihydropyridines is 1. The molecule has 2 amide bonds. The lowest BCUT2D eigenvalue weighted by atomic mass is 10.1. The van der Waals surface area contributed by atoms with Crippen LogP contribution >= 0.6 is 0 Å². The van der Waals surface area contributed by atoms with Crippen LogP contribution in [0.2, 0.25) is 0 Å². The van der Waals surface area contributed by atoms with Crippen LogP contribution in [-0.2, 0) is 11.2 Å². The summed E-state index contributed by atoms with van der Waals surface area (Å²) >= 11 is 0. The number of ether oxygens (including phenoxy) is 1. The van der Waals surface area contributed by atoms with E-state index in [1.54, 1.807) is 36.2 Å². The van der Waals surface area contributed by atoms with Crippen molar-refractivity contribution in [2.75, 3.05) is 40.3 Å². The highest BCUT2D eigenvalue weighted by Gasteiger charge is 2.24. The maximum Gasteiger partial charge on any atom is 0.273 e. The third-order valence-corrected chi connectivity index (χ3v) is 6.94. The number of carbonyl (C=O) groups is 2. The molecule has 1 unspecified atom stereocenters. The highest BCUT2D eigenvalue weighted by atomic mass is 16.5. The second-order valence-electron chi connectivity index (χ2n) is 9.83. The Morgan fingerprint density at radius 1 is 1.23 bits per heavy atom. The van der Waals surface area contributed by atoms with Crippen LogP contribution < -0.4 is 15.4 Å². The topological polar surface area (TPSA) is 91.7 Å². The summed E-state index contributed by atoms with van der Waals surface area (Å²) in [5.74, 6) is 0.460. The zero-order valence-electron chi connectivity index (χ0n) is 23.2. The maximum absolute atomic E-state index is 13.2. The Labute approximate surface area is 230 Å². The first-order valence-corrected chi connectivity index (χ1v) is 13.3. The van der Waals surface area contributed by atoms with Crippen LogP contribution in [0, 0.1) is 6.92 Å². The molecule has 2 aliphatic heterocycles. The summed E-state index contributed by atoms with van der Waals surface area (Å²) in [6.07, 6.45) is 10.0. The third kappa shape index (κ3) is 6.49. The average molecular weight is 531 g/mol. The molecule has 0 radical (unpaired) electrons. The maximum atomic E-state index is 13.2. The molecule has 0 spiro atoms. The smallest absolute Gasteiger partial charge is 0.273 e. The number of allylic oxidation sites excluding steroid dienone is 2. The number of piperazine rings is 1. The van der Waals surface area contributed by atoms with Crippen LogP contribution in [0.4, 0.5) is 0 Å². The summed E-state index contributed by atoms with van der Waals surface area (Å²) in [6, 6.07) is 7.80. The number of nitrogens with zero attached hydrogens (tertiary/aromatic N) is 4. The van der Waals surface area contributed by atoms with E-state index in [1.165, 1.54) is 0 Å². The van der Waals surface area contributed by atoms with Gasteiger partial charge in [-0.05, 0) is 56.3 Å². The number of amides is 2. The number of carbonyl (C=O) groups excluding carboxylic acids is 2. The van der Waals surface area contributed by atoms with Crippen LogP contribution in [0.5, 0.6) is 5.75 Å². The van der Waals surface area contributed by atoms with Gasteiger partial charge in [0.2, 0.25) is 0 Å². The van der Waals surface area contributed by atoms with Gasteiger partial charge in [-0.2, -0.15) is 5.10 Å². The molecule has 0 aliphatic carbocycles. The molecular weight excluding hydrogens is 492 g/mol. The molecule has 9 nitrogen and oxygen atoms in total. The van der Waals surface area contributed by atoms with Gasteiger partial charge in [0.25, 0.3) is 11.8 Å². The van der Waals surface area contributed by atoms with E-state index < -0.39 is 6.17 Å². The van der Waals surface area contributed by atoms with Gasteiger partial charge in [0, 0.05) is 43.6 Å². The molecule has 0 bridgehead atoms. The fraction of sp³-hybridized carbons (Fsp3) is 0.367. The zero-order valence-corrected chi connectivity index (χ0v) is 23.2. The standard InChI is InChI=1S/C30H38N6O3/c1-6-8-24-19-25(33-36(24)26(9-7-2)22-11-10-21(3)27(18-22)39-5)29(37)32-28-13-12-23(20-31-28)30(38)35-16-14-34(4)15-17-35/h7,9-13,18-20,28,31H,2,6,8,14-17H2,1,3-5H3,(H,32,37)/b26-9-. The van der Waals surface area contributed by atoms with E-state index in [0.29, 0.717) is 24.4 Å². The molecule has 2 aromatic rings. The molecule has 1 saturated heterocycles. The molecular formula is C30H38N6O3. The van der Waals surface area contributed by atoms with E-state index in [-0.39, 0.29) is 11.8 Å². The van der Waals surface area contributed by atoms with E-state index in [1.807, 2.05) is 42.2 Å². The number of methoxy groups -OCH3 is 1. The van der Waals surface area contributed by atoms with Crippen molar-refractivity contribution in [3.8, 4) is 5.75 Å². The normalized spacial score (nSPS) is 17.8. The Balaban J connectivity index is 1.49. The first kappa shape index (κ1) is 27.9. The fourth-order valence-corrected chi connectivity index (χ4v) is 4.67. The van der Waals surface area contributed by atoms with Crippen LogP contribution in [0.3, 0.4) is 0 Å². The van der Waals surface area contributed by atoms with E-state index in [9.17, 15) is 9.59 Å². The van der Waals surface area contributed by atoms with Gasteiger partial charge >= 0.3 is 0 Å². The molecule has 1 atom stereocenters. The molecule has 2 aliphatic rings. The van der Waals surface area contributed by atoms with Gasteiger partial charge < -0.3 is 25.2 Å². The van der Waals surface area contributed by atoms with Crippen molar-refractivity contribution < 1.29 is 14.3 Å². The number of nitrogens with one attached hydrogen (secondary N) is 2. The van der Waals surface area contributed by atoms with Crippen LogP contribution in [0.25, 0.3) is 5.70 Å².